The average Bonchev–Trinajstić information content (AvgIpc) is 2.74. The van der Waals surface area contributed by atoms with Gasteiger partial charge in [0.1, 0.15) is 0 Å². The quantitative estimate of drug-likeness (QED) is 0.639. The van der Waals surface area contributed by atoms with E-state index in [-0.39, 0.29) is 18.1 Å². The van der Waals surface area contributed by atoms with Crippen LogP contribution < -0.4 is 0 Å². The molecule has 2 aromatic rings. The summed E-state index contributed by atoms with van der Waals surface area (Å²) in [5.74, 6) is -0.0515. The molecule has 2 atom stereocenters. The van der Waals surface area contributed by atoms with Crippen LogP contribution in [0.5, 0.6) is 0 Å². The first-order chi connectivity index (χ1) is 13.7. The van der Waals surface area contributed by atoms with Crippen molar-refractivity contribution in [3.8, 4) is 0 Å². The van der Waals surface area contributed by atoms with Crippen LogP contribution in [0.15, 0.2) is 60.7 Å². The minimum atomic E-state index is -0.0392. The topological polar surface area (TPSA) is 32.8 Å². The fourth-order valence-electron chi connectivity index (χ4n) is 4.12. The maximum Gasteiger partial charge on any atom is 0.309 e. The largest absolute Gasteiger partial charge is 0.466 e. The molecule has 0 N–H and O–H groups in total. The van der Waals surface area contributed by atoms with Crippen LogP contribution in [-0.4, -0.2) is 41.6 Å². The lowest BCUT2D eigenvalue weighted by molar-refractivity contribution is -0.152. The predicted molar refractivity (Wildman–Crippen MR) is 113 cm³/mol. The van der Waals surface area contributed by atoms with Gasteiger partial charge in [-0.25, -0.2) is 0 Å². The highest BCUT2D eigenvalue weighted by molar-refractivity contribution is 5.72. The van der Waals surface area contributed by atoms with Crippen LogP contribution in [0.2, 0.25) is 0 Å². The molecule has 4 nitrogen and oxygen atoms in total. The van der Waals surface area contributed by atoms with Crippen LogP contribution in [0, 0.1) is 5.92 Å². The van der Waals surface area contributed by atoms with Gasteiger partial charge in [0.05, 0.1) is 18.7 Å². The molecule has 0 saturated carbocycles. The summed E-state index contributed by atoms with van der Waals surface area (Å²) in [5, 5.41) is 0. The maximum absolute atomic E-state index is 12.4. The number of likely N-dealkylation sites (tertiary alicyclic amines) is 1. The molecule has 2 unspecified atom stereocenters. The molecule has 0 amide bonds. The monoisotopic (exact) mass is 380 g/mol. The van der Waals surface area contributed by atoms with Crippen molar-refractivity contribution in [2.45, 2.75) is 45.9 Å². The van der Waals surface area contributed by atoms with Crippen LogP contribution in [0.3, 0.4) is 0 Å². The van der Waals surface area contributed by atoms with Crippen molar-refractivity contribution in [2.75, 3.05) is 19.7 Å². The van der Waals surface area contributed by atoms with Crippen LogP contribution in [0.1, 0.15) is 37.8 Å². The van der Waals surface area contributed by atoms with E-state index in [2.05, 4.69) is 77.4 Å². The highest BCUT2D eigenvalue weighted by Gasteiger charge is 2.35. The predicted octanol–water partition coefficient (Wildman–Crippen LogP) is 4.31. The molecular weight excluding hydrogens is 348 g/mol. The number of rotatable bonds is 8. The molecule has 0 bridgehead atoms. The highest BCUT2D eigenvalue weighted by atomic mass is 16.5. The molecule has 0 radical (unpaired) electrons. The molecular formula is C24H32N2O2. The van der Waals surface area contributed by atoms with E-state index < -0.39 is 0 Å². The van der Waals surface area contributed by atoms with Gasteiger partial charge < -0.3 is 4.74 Å². The van der Waals surface area contributed by atoms with Gasteiger partial charge in [0.25, 0.3) is 0 Å². The third kappa shape index (κ3) is 5.43. The van der Waals surface area contributed by atoms with Crippen molar-refractivity contribution in [3.63, 3.8) is 0 Å². The summed E-state index contributed by atoms with van der Waals surface area (Å²) in [6, 6.07) is 21.2. The zero-order valence-corrected chi connectivity index (χ0v) is 17.1. The highest BCUT2D eigenvalue weighted by Crippen LogP contribution is 2.28. The minimum Gasteiger partial charge on any atom is -0.466 e. The summed E-state index contributed by atoms with van der Waals surface area (Å²) in [4.78, 5) is 17.4. The molecule has 2 aromatic carbocycles. The molecule has 1 saturated heterocycles. The molecule has 150 valence electrons. The molecule has 4 heteroatoms. The Bertz CT molecular complexity index is 678. The van der Waals surface area contributed by atoms with Gasteiger partial charge in [-0.15, -0.1) is 0 Å². The fraction of sp³-hybridized carbons (Fsp3) is 0.458. The van der Waals surface area contributed by atoms with Gasteiger partial charge in [-0.1, -0.05) is 67.6 Å². The number of ether oxygens (including phenoxy) is 1. The number of piperidine rings is 1. The second-order valence-electron chi connectivity index (χ2n) is 7.46. The van der Waals surface area contributed by atoms with E-state index in [1.54, 1.807) is 0 Å². The lowest BCUT2D eigenvalue weighted by Gasteiger charge is -2.44. The number of hydrogen-bond acceptors (Lipinski definition) is 4. The summed E-state index contributed by atoms with van der Waals surface area (Å²) in [7, 11) is 0. The lowest BCUT2D eigenvalue weighted by Crippen LogP contribution is -2.53. The Balaban J connectivity index is 1.83. The van der Waals surface area contributed by atoms with Crippen molar-refractivity contribution in [1.82, 2.24) is 9.80 Å². The van der Waals surface area contributed by atoms with Crippen LogP contribution >= 0.6 is 0 Å². The van der Waals surface area contributed by atoms with Crippen molar-refractivity contribution >= 4 is 5.97 Å². The Kier molecular flexibility index (Phi) is 7.63. The molecule has 0 spiro atoms. The number of nitrogens with zero attached hydrogens (tertiary/aromatic N) is 2. The number of esters is 1. The Hall–Kier alpha value is -2.17. The van der Waals surface area contributed by atoms with E-state index in [4.69, 9.17) is 4.74 Å². The van der Waals surface area contributed by atoms with Gasteiger partial charge in [-0.05, 0) is 37.4 Å². The number of hydrogen-bond donors (Lipinski definition) is 0. The smallest absolute Gasteiger partial charge is 0.309 e. The first kappa shape index (κ1) is 20.6. The van der Waals surface area contributed by atoms with Gasteiger partial charge in [0.2, 0.25) is 0 Å². The zero-order valence-electron chi connectivity index (χ0n) is 17.1. The van der Waals surface area contributed by atoms with E-state index in [1.807, 2.05) is 6.92 Å². The summed E-state index contributed by atoms with van der Waals surface area (Å²) < 4.78 is 5.34. The Morgan fingerprint density at radius 1 is 1.00 bits per heavy atom. The average molecular weight is 381 g/mol. The molecule has 3 rings (SSSR count). The van der Waals surface area contributed by atoms with Crippen LogP contribution in [0.4, 0.5) is 0 Å². The maximum atomic E-state index is 12.4. The third-order valence-electron chi connectivity index (χ3n) is 5.59. The summed E-state index contributed by atoms with van der Waals surface area (Å²) in [5.41, 5.74) is 2.60. The lowest BCUT2D eigenvalue weighted by atomic mass is 9.93. The van der Waals surface area contributed by atoms with Gasteiger partial charge in [-0.3, -0.25) is 14.6 Å². The van der Waals surface area contributed by atoms with E-state index >= 15 is 0 Å². The molecule has 1 aliphatic heterocycles. The van der Waals surface area contributed by atoms with E-state index in [0.29, 0.717) is 6.61 Å². The normalized spacial score (nSPS) is 20.2. The molecule has 28 heavy (non-hydrogen) atoms. The second-order valence-corrected chi connectivity index (χ2v) is 7.46. The summed E-state index contributed by atoms with van der Waals surface area (Å²) in [6.45, 7) is 8.20. The van der Waals surface area contributed by atoms with Crippen molar-refractivity contribution in [2.24, 2.45) is 5.92 Å². The van der Waals surface area contributed by atoms with E-state index in [0.717, 1.165) is 39.0 Å². The van der Waals surface area contributed by atoms with Crippen LogP contribution in [-0.2, 0) is 22.6 Å². The SMILES string of the molecule is CCOC(=O)C1CCN(CC)C(N(Cc2ccccc2)Cc2ccccc2)C1. The molecule has 1 heterocycles. The second kappa shape index (κ2) is 10.4. The standard InChI is InChI=1S/C24H32N2O2/c1-3-25-16-15-22(24(27)28-4-2)17-23(25)26(18-20-11-7-5-8-12-20)19-21-13-9-6-10-14-21/h5-14,22-23H,3-4,15-19H2,1-2H3. The minimum absolute atomic E-state index is 0.0122. The Morgan fingerprint density at radius 2 is 1.57 bits per heavy atom. The first-order valence-electron chi connectivity index (χ1n) is 10.4. The molecule has 1 aliphatic rings. The molecule has 0 aliphatic carbocycles. The number of carbonyl (C=O) groups excluding carboxylic acids is 1. The summed E-state index contributed by atoms with van der Waals surface area (Å²) in [6.07, 6.45) is 1.94. The van der Waals surface area contributed by atoms with Gasteiger partial charge in [-0.2, -0.15) is 0 Å². The Labute approximate surface area is 169 Å². The van der Waals surface area contributed by atoms with Crippen LogP contribution in [0.25, 0.3) is 0 Å². The van der Waals surface area contributed by atoms with Crippen molar-refractivity contribution in [1.29, 1.82) is 0 Å². The van der Waals surface area contributed by atoms with E-state index in [9.17, 15) is 4.79 Å². The van der Waals surface area contributed by atoms with Crippen molar-refractivity contribution < 1.29 is 9.53 Å². The van der Waals surface area contributed by atoms with Gasteiger partial charge >= 0.3 is 5.97 Å². The Morgan fingerprint density at radius 3 is 2.07 bits per heavy atom. The fourth-order valence-corrected chi connectivity index (χ4v) is 4.12. The zero-order chi connectivity index (χ0) is 19.8. The van der Waals surface area contributed by atoms with Crippen molar-refractivity contribution in [3.05, 3.63) is 71.8 Å². The molecule has 0 aromatic heterocycles. The van der Waals surface area contributed by atoms with Gasteiger partial charge in [0.15, 0.2) is 0 Å². The first-order valence-corrected chi connectivity index (χ1v) is 10.4. The summed E-state index contributed by atoms with van der Waals surface area (Å²) >= 11 is 0. The van der Waals surface area contributed by atoms with E-state index in [1.165, 1.54) is 11.1 Å². The number of benzene rings is 2. The third-order valence-corrected chi connectivity index (χ3v) is 5.59. The van der Waals surface area contributed by atoms with Gasteiger partial charge in [0, 0.05) is 19.6 Å². The molecule has 1 fully saturated rings. The number of carbonyl (C=O) groups is 1.